The van der Waals surface area contributed by atoms with E-state index in [4.69, 9.17) is 0 Å². The van der Waals surface area contributed by atoms with Crippen molar-refractivity contribution in [3.8, 4) is 0 Å². The molecular weight excluding hydrogens is 264 g/mol. The summed E-state index contributed by atoms with van der Waals surface area (Å²) in [5.41, 5.74) is 3.36. The van der Waals surface area contributed by atoms with Crippen molar-refractivity contribution in [1.82, 2.24) is 19.6 Å². The molecule has 118 valence electrons. The van der Waals surface area contributed by atoms with Crippen LogP contribution in [0.4, 0.5) is 0 Å². The maximum Gasteiger partial charge on any atom is 0.110 e. The molecule has 2 heterocycles. The first kappa shape index (κ1) is 16.2. The van der Waals surface area contributed by atoms with Gasteiger partial charge in [-0.2, -0.15) is 5.10 Å². The Hall–Kier alpha value is -1.17. The van der Waals surface area contributed by atoms with Gasteiger partial charge in [-0.25, -0.2) is 0 Å². The first-order valence-electron chi connectivity index (χ1n) is 7.71. The molecule has 1 unspecified atom stereocenters. The van der Waals surface area contributed by atoms with E-state index in [1.54, 1.807) is 0 Å². The van der Waals surface area contributed by atoms with Crippen LogP contribution in [0.5, 0.6) is 0 Å². The van der Waals surface area contributed by atoms with Crippen molar-refractivity contribution in [3.05, 3.63) is 29.1 Å². The van der Waals surface area contributed by atoms with Gasteiger partial charge in [0, 0.05) is 32.7 Å². The average Bonchev–Trinajstić information content (AvgIpc) is 2.69. The van der Waals surface area contributed by atoms with Gasteiger partial charge >= 0.3 is 0 Å². The number of hydrogen-bond acceptors (Lipinski definition) is 4. The minimum atomic E-state index is -0.509. The van der Waals surface area contributed by atoms with Gasteiger partial charge in [0.2, 0.25) is 0 Å². The summed E-state index contributed by atoms with van der Waals surface area (Å²) in [4.78, 5) is 4.42. The molecule has 1 N–H and O–H groups in total. The second kappa shape index (κ2) is 7.20. The molecule has 0 aliphatic carbocycles. The van der Waals surface area contributed by atoms with E-state index in [1.807, 2.05) is 19.0 Å². The van der Waals surface area contributed by atoms with E-state index in [1.165, 1.54) is 11.3 Å². The highest BCUT2D eigenvalue weighted by atomic mass is 16.3. The van der Waals surface area contributed by atoms with E-state index in [2.05, 4.69) is 40.7 Å². The quantitative estimate of drug-likeness (QED) is 0.838. The highest BCUT2D eigenvalue weighted by molar-refractivity contribution is 5.14. The molecule has 1 aliphatic heterocycles. The number of fused-ring (bicyclic) bond motifs is 1. The molecule has 1 atom stereocenters. The van der Waals surface area contributed by atoms with Crippen LogP contribution in [0.15, 0.2) is 17.7 Å². The van der Waals surface area contributed by atoms with Crippen LogP contribution in [-0.4, -0.2) is 58.4 Å². The summed E-state index contributed by atoms with van der Waals surface area (Å²) in [6.45, 7) is 8.82. The first-order chi connectivity index (χ1) is 9.95. The molecule has 0 fully saturated rings. The molecule has 5 nitrogen and oxygen atoms in total. The lowest BCUT2D eigenvalue weighted by molar-refractivity contribution is 0.133. The molecule has 0 amide bonds. The normalized spacial score (nSPS) is 17.4. The first-order valence-corrected chi connectivity index (χ1v) is 7.71. The van der Waals surface area contributed by atoms with Gasteiger partial charge in [0.25, 0.3) is 0 Å². The lowest BCUT2D eigenvalue weighted by atomic mass is 10.2. The van der Waals surface area contributed by atoms with Gasteiger partial charge in [-0.05, 0) is 40.4 Å². The monoisotopic (exact) mass is 292 g/mol. The van der Waals surface area contributed by atoms with Crippen molar-refractivity contribution in [3.63, 3.8) is 0 Å². The third-order valence-electron chi connectivity index (χ3n) is 3.75. The van der Waals surface area contributed by atoms with Crippen LogP contribution in [0.2, 0.25) is 0 Å². The van der Waals surface area contributed by atoms with Crippen LogP contribution >= 0.6 is 0 Å². The van der Waals surface area contributed by atoms with Crippen LogP contribution in [0.1, 0.15) is 37.8 Å². The minimum absolute atomic E-state index is 0.509. The summed E-state index contributed by atoms with van der Waals surface area (Å²) in [6, 6.07) is 2.06. The number of hydrogen-bond donors (Lipinski definition) is 1. The Kier molecular flexibility index (Phi) is 5.56. The zero-order valence-electron chi connectivity index (χ0n) is 13.7. The lowest BCUT2D eigenvalue weighted by Gasteiger charge is -2.17. The number of allylic oxidation sites excluding steroid dienone is 1. The van der Waals surface area contributed by atoms with Gasteiger partial charge in [0.15, 0.2) is 0 Å². The fourth-order valence-corrected chi connectivity index (χ4v) is 2.62. The Morgan fingerprint density at radius 3 is 2.86 bits per heavy atom. The standard InChI is InChI=1S/C16H28N4O/c1-13(2)6-9-19-7-5-8-20-14(11-19)10-15(17-20)16(21)12-18(3)4/h6,10,16,21H,5,7-9,11-12H2,1-4H3. The predicted molar refractivity (Wildman–Crippen MR) is 85.1 cm³/mol. The Bertz CT molecular complexity index is 488. The van der Waals surface area contributed by atoms with E-state index in [0.717, 1.165) is 38.3 Å². The molecular formula is C16H28N4O. The number of aromatic nitrogens is 2. The van der Waals surface area contributed by atoms with Gasteiger partial charge in [0.05, 0.1) is 11.4 Å². The number of aryl methyl sites for hydroxylation is 1. The molecule has 0 radical (unpaired) electrons. The second-order valence-electron chi connectivity index (χ2n) is 6.43. The van der Waals surface area contributed by atoms with Crippen molar-refractivity contribution in [2.24, 2.45) is 0 Å². The fraction of sp³-hybridized carbons (Fsp3) is 0.688. The highest BCUT2D eigenvalue weighted by Gasteiger charge is 2.19. The van der Waals surface area contributed by atoms with Gasteiger partial charge in [-0.15, -0.1) is 0 Å². The van der Waals surface area contributed by atoms with Crippen molar-refractivity contribution in [1.29, 1.82) is 0 Å². The summed E-state index contributed by atoms with van der Waals surface area (Å²) in [7, 11) is 3.93. The topological polar surface area (TPSA) is 44.5 Å². The number of aliphatic hydroxyl groups excluding tert-OH is 1. The molecule has 5 heteroatoms. The molecule has 2 rings (SSSR count). The third-order valence-corrected chi connectivity index (χ3v) is 3.75. The fourth-order valence-electron chi connectivity index (χ4n) is 2.62. The third kappa shape index (κ3) is 4.66. The van der Waals surface area contributed by atoms with Gasteiger partial charge in [-0.1, -0.05) is 11.6 Å². The van der Waals surface area contributed by atoms with Crippen LogP contribution in [0.3, 0.4) is 0 Å². The summed E-state index contributed by atoms with van der Waals surface area (Å²) in [5, 5.41) is 14.8. The predicted octanol–water partition coefficient (Wildman–Crippen LogP) is 1.65. The zero-order chi connectivity index (χ0) is 15.4. The van der Waals surface area contributed by atoms with Crippen LogP contribution in [0.25, 0.3) is 0 Å². The van der Waals surface area contributed by atoms with E-state index < -0.39 is 6.10 Å². The number of rotatable bonds is 5. The van der Waals surface area contributed by atoms with E-state index >= 15 is 0 Å². The second-order valence-corrected chi connectivity index (χ2v) is 6.43. The molecule has 1 aromatic rings. The Morgan fingerprint density at radius 2 is 2.19 bits per heavy atom. The van der Waals surface area contributed by atoms with Crippen LogP contribution in [-0.2, 0) is 13.1 Å². The Labute approximate surface area is 127 Å². The highest BCUT2D eigenvalue weighted by Crippen LogP contribution is 2.18. The molecule has 0 aromatic carbocycles. The summed E-state index contributed by atoms with van der Waals surface area (Å²) in [5.74, 6) is 0. The Balaban J connectivity index is 2.07. The smallest absolute Gasteiger partial charge is 0.110 e. The van der Waals surface area contributed by atoms with E-state index in [0.29, 0.717) is 6.54 Å². The van der Waals surface area contributed by atoms with Crippen LogP contribution in [0, 0.1) is 0 Å². The lowest BCUT2D eigenvalue weighted by Crippen LogP contribution is -2.23. The van der Waals surface area contributed by atoms with Gasteiger partial charge < -0.3 is 10.0 Å². The van der Waals surface area contributed by atoms with Crippen molar-refractivity contribution < 1.29 is 5.11 Å². The summed E-state index contributed by atoms with van der Waals surface area (Å²) < 4.78 is 2.07. The zero-order valence-corrected chi connectivity index (χ0v) is 13.7. The molecule has 0 saturated carbocycles. The molecule has 21 heavy (non-hydrogen) atoms. The molecule has 1 aliphatic rings. The van der Waals surface area contributed by atoms with E-state index in [-0.39, 0.29) is 0 Å². The van der Waals surface area contributed by atoms with Crippen molar-refractivity contribution >= 4 is 0 Å². The SMILES string of the molecule is CC(C)=CCN1CCCn2nc(C(O)CN(C)C)cc2C1. The summed E-state index contributed by atoms with van der Waals surface area (Å²) >= 11 is 0. The molecule has 0 saturated heterocycles. The number of likely N-dealkylation sites (N-methyl/N-ethyl adjacent to an activating group) is 1. The van der Waals surface area contributed by atoms with Gasteiger partial charge in [-0.3, -0.25) is 9.58 Å². The maximum absolute atomic E-state index is 10.2. The number of aliphatic hydroxyl groups is 1. The summed E-state index contributed by atoms with van der Waals surface area (Å²) in [6.07, 6.45) is 2.87. The average molecular weight is 292 g/mol. The van der Waals surface area contributed by atoms with Gasteiger partial charge in [0.1, 0.15) is 6.10 Å². The van der Waals surface area contributed by atoms with Crippen molar-refractivity contribution in [2.75, 3.05) is 33.7 Å². The maximum atomic E-state index is 10.2. The molecule has 0 bridgehead atoms. The Morgan fingerprint density at radius 1 is 1.43 bits per heavy atom. The molecule has 0 spiro atoms. The van der Waals surface area contributed by atoms with Crippen molar-refractivity contribution in [2.45, 2.75) is 39.5 Å². The molecule has 1 aromatic heterocycles. The largest absolute Gasteiger partial charge is 0.385 e. The number of nitrogens with zero attached hydrogens (tertiary/aromatic N) is 4. The van der Waals surface area contributed by atoms with E-state index in [9.17, 15) is 5.11 Å². The minimum Gasteiger partial charge on any atom is -0.385 e. The van der Waals surface area contributed by atoms with Crippen LogP contribution < -0.4 is 0 Å².